The van der Waals surface area contributed by atoms with Crippen LogP contribution in [-0.2, 0) is 9.59 Å². The van der Waals surface area contributed by atoms with Gasteiger partial charge < -0.3 is 15.2 Å². The molecule has 1 aliphatic carbocycles. The van der Waals surface area contributed by atoms with Crippen molar-refractivity contribution in [2.24, 2.45) is 11.8 Å². The van der Waals surface area contributed by atoms with Crippen LogP contribution in [-0.4, -0.2) is 24.1 Å². The Bertz CT molecular complexity index is 902. The van der Waals surface area contributed by atoms with Gasteiger partial charge in [-0.05, 0) is 49.9 Å². The number of benzene rings is 2. The van der Waals surface area contributed by atoms with Gasteiger partial charge in [0.2, 0.25) is 5.91 Å². The van der Waals surface area contributed by atoms with Gasteiger partial charge in [0.15, 0.2) is 0 Å². The van der Waals surface area contributed by atoms with Gasteiger partial charge in [0.05, 0.1) is 25.0 Å². The monoisotopic (exact) mass is 393 g/mol. The number of carbonyl (C=O) groups is 2. The van der Waals surface area contributed by atoms with Crippen molar-refractivity contribution < 1.29 is 19.4 Å². The van der Waals surface area contributed by atoms with Crippen LogP contribution < -0.4 is 10.1 Å². The van der Waals surface area contributed by atoms with Gasteiger partial charge in [0, 0.05) is 0 Å². The number of carboxylic acids is 1. The molecule has 5 nitrogen and oxygen atoms in total. The van der Waals surface area contributed by atoms with Gasteiger partial charge in [0.25, 0.3) is 0 Å². The number of ether oxygens (including phenoxy) is 1. The molecule has 0 bridgehead atoms. The topological polar surface area (TPSA) is 75.6 Å². The molecular formula is C24H27NO4. The zero-order valence-electron chi connectivity index (χ0n) is 17.0. The lowest BCUT2D eigenvalue weighted by atomic mass is 9.76. The second-order valence-electron chi connectivity index (χ2n) is 7.65. The molecule has 152 valence electrons. The molecule has 0 aliphatic heterocycles. The smallest absolute Gasteiger partial charge is 0.307 e. The third-order valence-corrected chi connectivity index (χ3v) is 5.79. The van der Waals surface area contributed by atoms with E-state index in [9.17, 15) is 14.7 Å². The maximum atomic E-state index is 13.2. The molecule has 5 heteroatoms. The van der Waals surface area contributed by atoms with E-state index in [1.165, 1.54) is 0 Å². The zero-order chi connectivity index (χ0) is 21.0. The number of allylic oxidation sites excluding steroid dienone is 2. The van der Waals surface area contributed by atoms with E-state index in [0.29, 0.717) is 12.8 Å². The number of hydrogen-bond acceptors (Lipinski definition) is 3. The summed E-state index contributed by atoms with van der Waals surface area (Å²) >= 11 is 0. The van der Waals surface area contributed by atoms with Crippen molar-refractivity contribution in [3.05, 3.63) is 76.9 Å². The van der Waals surface area contributed by atoms with Crippen LogP contribution in [0.4, 0.5) is 0 Å². The highest BCUT2D eigenvalue weighted by Crippen LogP contribution is 2.35. The highest BCUT2D eigenvalue weighted by atomic mass is 16.5. The molecule has 0 aromatic heterocycles. The third-order valence-electron chi connectivity index (χ3n) is 5.79. The summed E-state index contributed by atoms with van der Waals surface area (Å²) in [5, 5.41) is 12.8. The summed E-state index contributed by atoms with van der Waals surface area (Å²) in [5.74, 6) is -1.69. The van der Waals surface area contributed by atoms with Gasteiger partial charge in [-0.25, -0.2) is 0 Å². The predicted octanol–water partition coefficient (Wildman–Crippen LogP) is 4.35. The molecule has 29 heavy (non-hydrogen) atoms. The lowest BCUT2D eigenvalue weighted by Crippen LogP contribution is -2.41. The van der Waals surface area contributed by atoms with Crippen molar-refractivity contribution in [2.75, 3.05) is 7.11 Å². The van der Waals surface area contributed by atoms with Crippen molar-refractivity contribution in [1.29, 1.82) is 0 Å². The van der Waals surface area contributed by atoms with Crippen LogP contribution in [0.25, 0.3) is 0 Å². The van der Waals surface area contributed by atoms with Gasteiger partial charge in [0.1, 0.15) is 5.75 Å². The van der Waals surface area contributed by atoms with E-state index in [4.69, 9.17) is 4.74 Å². The molecule has 3 rings (SSSR count). The molecule has 0 radical (unpaired) electrons. The van der Waals surface area contributed by atoms with Crippen LogP contribution >= 0.6 is 0 Å². The van der Waals surface area contributed by atoms with Crippen LogP contribution in [0.2, 0.25) is 0 Å². The molecular weight excluding hydrogens is 366 g/mol. The molecule has 2 aromatic rings. The van der Waals surface area contributed by atoms with Crippen molar-refractivity contribution in [1.82, 2.24) is 5.32 Å². The lowest BCUT2D eigenvalue weighted by Gasteiger charge is -2.31. The molecule has 0 saturated carbocycles. The highest BCUT2D eigenvalue weighted by Gasteiger charge is 2.38. The number of aliphatic carboxylic acids is 1. The fourth-order valence-electron chi connectivity index (χ4n) is 3.88. The number of carboxylic acid groups (broad SMARTS) is 1. The first-order valence-corrected chi connectivity index (χ1v) is 9.78. The first-order chi connectivity index (χ1) is 13.9. The first-order valence-electron chi connectivity index (χ1n) is 9.78. The number of nitrogens with one attached hydrogen (secondary N) is 1. The average molecular weight is 393 g/mol. The average Bonchev–Trinajstić information content (AvgIpc) is 2.74. The second kappa shape index (κ2) is 8.95. The summed E-state index contributed by atoms with van der Waals surface area (Å²) in [5.41, 5.74) is 4.02. The lowest BCUT2D eigenvalue weighted by molar-refractivity contribution is -0.147. The Labute approximate surface area is 171 Å². The third kappa shape index (κ3) is 4.67. The van der Waals surface area contributed by atoms with Gasteiger partial charge in [-0.1, -0.05) is 53.6 Å². The molecule has 1 amide bonds. The number of methoxy groups -OCH3 is 1. The quantitative estimate of drug-likeness (QED) is 0.716. The number of carbonyl (C=O) groups excluding carboxylic acids is 1. The van der Waals surface area contributed by atoms with Crippen LogP contribution in [0.15, 0.2) is 65.7 Å². The van der Waals surface area contributed by atoms with E-state index in [2.05, 4.69) is 5.32 Å². The Kier molecular flexibility index (Phi) is 6.37. The van der Waals surface area contributed by atoms with E-state index in [-0.39, 0.29) is 11.9 Å². The standard InChI is InChI=1S/C24H27NO4/c1-15-13-20(21(24(27)28)14-16(15)2)23(26)25-22(17-7-5-4-6-8-17)18-9-11-19(29-3)12-10-18/h4-12,20-22H,13-14H2,1-3H3,(H,25,26)(H,27,28)/t20-,21-,22-/m0/s1. The minimum absolute atomic E-state index is 0.228. The van der Waals surface area contributed by atoms with Crippen molar-refractivity contribution >= 4 is 11.9 Å². The molecule has 0 saturated heterocycles. The summed E-state index contributed by atoms with van der Waals surface area (Å²) in [6.45, 7) is 3.93. The highest BCUT2D eigenvalue weighted by molar-refractivity contribution is 5.86. The summed E-state index contributed by atoms with van der Waals surface area (Å²) in [6.07, 6.45) is 0.885. The molecule has 0 spiro atoms. The van der Waals surface area contributed by atoms with Crippen molar-refractivity contribution in [3.8, 4) is 5.75 Å². The SMILES string of the molecule is COc1ccc([C@@H](NC(=O)[C@H]2CC(C)=C(C)C[C@@H]2C(=O)O)c2ccccc2)cc1. The summed E-state index contributed by atoms with van der Waals surface area (Å²) < 4.78 is 5.24. The Morgan fingerprint density at radius 1 is 0.931 bits per heavy atom. The second-order valence-corrected chi connectivity index (χ2v) is 7.65. The maximum absolute atomic E-state index is 13.2. The Hall–Kier alpha value is -3.08. The minimum atomic E-state index is -0.919. The molecule has 0 unspecified atom stereocenters. The van der Waals surface area contributed by atoms with E-state index < -0.39 is 17.8 Å². The molecule has 0 heterocycles. The summed E-state index contributed by atoms with van der Waals surface area (Å²) in [6, 6.07) is 16.9. The maximum Gasteiger partial charge on any atom is 0.307 e. The number of hydrogen-bond donors (Lipinski definition) is 2. The zero-order valence-corrected chi connectivity index (χ0v) is 17.0. The molecule has 2 aromatic carbocycles. The van der Waals surface area contributed by atoms with Crippen LogP contribution in [0, 0.1) is 11.8 Å². The molecule has 2 N–H and O–H groups in total. The largest absolute Gasteiger partial charge is 0.497 e. The van der Waals surface area contributed by atoms with Gasteiger partial charge in [-0.15, -0.1) is 0 Å². The predicted molar refractivity (Wildman–Crippen MR) is 112 cm³/mol. The van der Waals surface area contributed by atoms with Gasteiger partial charge in [-0.2, -0.15) is 0 Å². The first kappa shape index (κ1) is 20.6. The van der Waals surface area contributed by atoms with E-state index in [0.717, 1.165) is 28.0 Å². The Balaban J connectivity index is 1.90. The summed E-state index contributed by atoms with van der Waals surface area (Å²) in [7, 11) is 1.61. The van der Waals surface area contributed by atoms with E-state index in [1.54, 1.807) is 7.11 Å². The van der Waals surface area contributed by atoms with Crippen LogP contribution in [0.1, 0.15) is 43.9 Å². The van der Waals surface area contributed by atoms with Crippen LogP contribution in [0.5, 0.6) is 5.75 Å². The van der Waals surface area contributed by atoms with Crippen molar-refractivity contribution in [3.63, 3.8) is 0 Å². The fraction of sp³-hybridized carbons (Fsp3) is 0.333. The van der Waals surface area contributed by atoms with Gasteiger partial charge >= 0.3 is 5.97 Å². The van der Waals surface area contributed by atoms with Gasteiger partial charge in [-0.3, -0.25) is 9.59 Å². The Morgan fingerprint density at radius 2 is 1.48 bits per heavy atom. The van der Waals surface area contributed by atoms with E-state index in [1.807, 2.05) is 68.4 Å². The Morgan fingerprint density at radius 3 is 2.03 bits per heavy atom. The molecule has 3 atom stereocenters. The van der Waals surface area contributed by atoms with E-state index >= 15 is 0 Å². The van der Waals surface area contributed by atoms with Crippen LogP contribution in [0.3, 0.4) is 0 Å². The minimum Gasteiger partial charge on any atom is -0.497 e. The number of rotatable bonds is 6. The molecule has 1 aliphatic rings. The number of amides is 1. The molecule has 0 fully saturated rings. The normalized spacial score (nSPS) is 20.1. The van der Waals surface area contributed by atoms with Crippen molar-refractivity contribution in [2.45, 2.75) is 32.7 Å². The summed E-state index contributed by atoms with van der Waals surface area (Å²) in [4.78, 5) is 25.0. The fourth-order valence-corrected chi connectivity index (χ4v) is 3.88.